The van der Waals surface area contributed by atoms with Crippen LogP contribution in [0, 0.1) is 19.7 Å². The minimum atomic E-state index is -0.287. The summed E-state index contributed by atoms with van der Waals surface area (Å²) in [5.41, 5.74) is 10.8. The van der Waals surface area contributed by atoms with Crippen LogP contribution in [0.3, 0.4) is 0 Å². The quantitative estimate of drug-likeness (QED) is 0.735. The molecule has 1 fully saturated rings. The third kappa shape index (κ3) is 2.28. The van der Waals surface area contributed by atoms with E-state index in [1.807, 2.05) is 12.1 Å². The molecule has 3 aromatic rings. The standard InChI is InChI=1S/C19H18FN3O/c1-11-9-15(21)10-12(2)16(11)19(7-8-19)18-22-17(24-23-18)13-3-5-14(20)6-4-13/h3-6,9-10H,7-8,21H2,1-2H3. The van der Waals surface area contributed by atoms with Gasteiger partial charge in [-0.25, -0.2) is 4.39 Å². The van der Waals surface area contributed by atoms with Gasteiger partial charge in [-0.15, -0.1) is 0 Å². The maximum absolute atomic E-state index is 13.1. The molecule has 0 unspecified atom stereocenters. The summed E-state index contributed by atoms with van der Waals surface area (Å²) in [7, 11) is 0. The molecule has 1 heterocycles. The molecule has 24 heavy (non-hydrogen) atoms. The van der Waals surface area contributed by atoms with Gasteiger partial charge < -0.3 is 10.3 Å². The maximum Gasteiger partial charge on any atom is 0.257 e. The molecule has 0 spiro atoms. The summed E-state index contributed by atoms with van der Waals surface area (Å²) in [5, 5.41) is 4.22. The Morgan fingerprint density at radius 2 is 1.71 bits per heavy atom. The second-order valence-corrected chi connectivity index (χ2v) is 6.54. The molecule has 122 valence electrons. The molecule has 2 aromatic carbocycles. The predicted octanol–water partition coefficient (Wildman–Crippen LogP) is 4.15. The topological polar surface area (TPSA) is 64.9 Å². The molecule has 0 radical (unpaired) electrons. The molecule has 1 aliphatic rings. The highest BCUT2D eigenvalue weighted by Gasteiger charge is 2.51. The molecule has 2 N–H and O–H groups in total. The van der Waals surface area contributed by atoms with E-state index in [0.717, 1.165) is 35.2 Å². The van der Waals surface area contributed by atoms with Gasteiger partial charge in [0.05, 0.1) is 5.41 Å². The molecule has 0 amide bonds. The minimum absolute atomic E-state index is 0.191. The van der Waals surface area contributed by atoms with Gasteiger partial charge in [0.2, 0.25) is 0 Å². The van der Waals surface area contributed by atoms with Crippen LogP contribution in [0.2, 0.25) is 0 Å². The largest absolute Gasteiger partial charge is 0.399 e. The lowest BCUT2D eigenvalue weighted by atomic mass is 9.87. The van der Waals surface area contributed by atoms with Crippen molar-refractivity contribution in [3.8, 4) is 11.5 Å². The number of hydrogen-bond acceptors (Lipinski definition) is 4. The summed E-state index contributed by atoms with van der Waals surface area (Å²) in [6.07, 6.45) is 1.97. The number of aryl methyl sites for hydroxylation is 2. The molecule has 0 aliphatic heterocycles. The smallest absolute Gasteiger partial charge is 0.257 e. The van der Waals surface area contributed by atoms with Gasteiger partial charge in [-0.05, 0) is 79.8 Å². The number of nitrogens with zero attached hydrogens (tertiary/aromatic N) is 2. The zero-order valence-corrected chi connectivity index (χ0v) is 13.6. The zero-order valence-electron chi connectivity index (χ0n) is 13.6. The molecule has 0 atom stereocenters. The van der Waals surface area contributed by atoms with E-state index < -0.39 is 0 Å². The number of halogens is 1. The molecule has 5 heteroatoms. The highest BCUT2D eigenvalue weighted by Crippen LogP contribution is 2.54. The number of hydrogen-bond donors (Lipinski definition) is 1. The number of anilines is 1. The van der Waals surface area contributed by atoms with Gasteiger partial charge in [-0.3, -0.25) is 0 Å². The van der Waals surface area contributed by atoms with Crippen molar-refractivity contribution >= 4 is 5.69 Å². The van der Waals surface area contributed by atoms with Crippen LogP contribution in [0.4, 0.5) is 10.1 Å². The summed E-state index contributed by atoms with van der Waals surface area (Å²) >= 11 is 0. The number of nitrogen functional groups attached to an aromatic ring is 1. The van der Waals surface area contributed by atoms with Gasteiger partial charge >= 0.3 is 0 Å². The minimum Gasteiger partial charge on any atom is -0.399 e. The van der Waals surface area contributed by atoms with Crippen LogP contribution in [0.5, 0.6) is 0 Å². The van der Waals surface area contributed by atoms with Crippen LogP contribution in [0.1, 0.15) is 35.4 Å². The van der Waals surface area contributed by atoms with Gasteiger partial charge in [0.15, 0.2) is 5.82 Å². The lowest BCUT2D eigenvalue weighted by molar-refractivity contribution is 0.417. The van der Waals surface area contributed by atoms with E-state index >= 15 is 0 Å². The van der Waals surface area contributed by atoms with Crippen molar-refractivity contribution in [1.29, 1.82) is 0 Å². The van der Waals surface area contributed by atoms with E-state index in [-0.39, 0.29) is 11.2 Å². The van der Waals surface area contributed by atoms with Gasteiger partial charge in [0, 0.05) is 11.3 Å². The first-order chi connectivity index (χ1) is 11.5. The van der Waals surface area contributed by atoms with Crippen LogP contribution < -0.4 is 5.73 Å². The molecule has 1 saturated carbocycles. The predicted molar refractivity (Wildman–Crippen MR) is 90.0 cm³/mol. The summed E-state index contributed by atoms with van der Waals surface area (Å²) < 4.78 is 18.5. The molecule has 0 saturated heterocycles. The maximum atomic E-state index is 13.1. The SMILES string of the molecule is Cc1cc(N)cc(C)c1C1(c2noc(-c3ccc(F)cc3)n2)CC1. The van der Waals surface area contributed by atoms with E-state index in [4.69, 9.17) is 10.3 Å². The van der Waals surface area contributed by atoms with Crippen LogP contribution in [0.15, 0.2) is 40.9 Å². The fraction of sp³-hybridized carbons (Fsp3) is 0.263. The fourth-order valence-corrected chi connectivity index (χ4v) is 3.59. The van der Waals surface area contributed by atoms with Gasteiger partial charge in [0.1, 0.15) is 5.82 Å². The highest BCUT2D eigenvalue weighted by molar-refractivity contribution is 5.57. The second kappa shape index (κ2) is 5.16. The fourth-order valence-electron chi connectivity index (χ4n) is 3.59. The summed E-state index contributed by atoms with van der Waals surface area (Å²) in [6, 6.07) is 10.0. The average Bonchev–Trinajstić information content (AvgIpc) is 3.15. The average molecular weight is 323 g/mol. The molecule has 4 rings (SSSR count). The third-order valence-corrected chi connectivity index (χ3v) is 4.73. The van der Waals surface area contributed by atoms with Crippen molar-refractivity contribution in [3.05, 3.63) is 64.7 Å². The summed E-state index contributed by atoms with van der Waals surface area (Å²) in [6.45, 7) is 4.14. The Morgan fingerprint density at radius 3 is 2.29 bits per heavy atom. The molecule has 0 bridgehead atoms. The van der Waals surface area contributed by atoms with E-state index in [1.165, 1.54) is 17.7 Å². The Kier molecular flexibility index (Phi) is 3.20. The van der Waals surface area contributed by atoms with Gasteiger partial charge in [-0.2, -0.15) is 4.98 Å². The lowest BCUT2D eigenvalue weighted by Gasteiger charge is -2.18. The van der Waals surface area contributed by atoms with Crippen molar-refractivity contribution in [2.75, 3.05) is 5.73 Å². The molecule has 4 nitrogen and oxygen atoms in total. The Bertz CT molecular complexity index is 888. The first kappa shape index (κ1) is 14.9. The Morgan fingerprint density at radius 1 is 1.08 bits per heavy atom. The third-order valence-electron chi connectivity index (χ3n) is 4.73. The van der Waals surface area contributed by atoms with Gasteiger partial charge in [0.25, 0.3) is 5.89 Å². The summed E-state index contributed by atoms with van der Waals surface area (Å²) in [4.78, 5) is 4.59. The molecule has 1 aromatic heterocycles. The van der Waals surface area contributed by atoms with Crippen molar-refractivity contribution in [2.45, 2.75) is 32.1 Å². The van der Waals surface area contributed by atoms with Crippen LogP contribution in [0.25, 0.3) is 11.5 Å². The van der Waals surface area contributed by atoms with E-state index in [0.29, 0.717) is 11.7 Å². The van der Waals surface area contributed by atoms with E-state index in [2.05, 4.69) is 24.0 Å². The highest BCUT2D eigenvalue weighted by atomic mass is 19.1. The lowest BCUT2D eigenvalue weighted by Crippen LogP contribution is -2.15. The normalized spacial score (nSPS) is 15.5. The number of aromatic nitrogens is 2. The Hall–Kier alpha value is -2.69. The molecular formula is C19H18FN3O. The first-order valence-corrected chi connectivity index (χ1v) is 7.97. The van der Waals surface area contributed by atoms with E-state index in [1.54, 1.807) is 12.1 Å². The number of nitrogens with two attached hydrogens (primary N) is 1. The zero-order chi connectivity index (χ0) is 16.9. The van der Waals surface area contributed by atoms with Gasteiger partial charge in [-0.1, -0.05) is 5.16 Å². The van der Waals surface area contributed by atoms with Crippen molar-refractivity contribution in [3.63, 3.8) is 0 Å². The first-order valence-electron chi connectivity index (χ1n) is 7.97. The second-order valence-electron chi connectivity index (χ2n) is 6.54. The number of rotatable bonds is 3. The van der Waals surface area contributed by atoms with Crippen LogP contribution >= 0.6 is 0 Å². The van der Waals surface area contributed by atoms with Crippen molar-refractivity contribution in [1.82, 2.24) is 10.1 Å². The Labute approximate surface area is 139 Å². The number of benzene rings is 2. The molecule has 1 aliphatic carbocycles. The van der Waals surface area contributed by atoms with Crippen molar-refractivity contribution in [2.24, 2.45) is 0 Å². The van der Waals surface area contributed by atoms with Crippen LogP contribution in [-0.2, 0) is 5.41 Å². The molecular weight excluding hydrogens is 305 g/mol. The summed E-state index contributed by atoms with van der Waals surface area (Å²) in [5.74, 6) is 0.824. The monoisotopic (exact) mass is 323 g/mol. The van der Waals surface area contributed by atoms with Crippen molar-refractivity contribution < 1.29 is 8.91 Å². The van der Waals surface area contributed by atoms with Crippen LogP contribution in [-0.4, -0.2) is 10.1 Å². The Balaban J connectivity index is 1.76. The van der Waals surface area contributed by atoms with E-state index in [9.17, 15) is 4.39 Å².